The third-order valence-electron chi connectivity index (χ3n) is 6.02. The first-order valence-corrected chi connectivity index (χ1v) is 11.9. The van der Waals surface area contributed by atoms with Crippen molar-refractivity contribution < 1.29 is 4.79 Å². The number of carbonyl (C=O) groups is 1. The minimum absolute atomic E-state index is 0.0650. The third-order valence-corrected chi connectivity index (χ3v) is 6.02. The summed E-state index contributed by atoms with van der Waals surface area (Å²) in [5.41, 5.74) is 8.21. The molecule has 31 heavy (non-hydrogen) atoms. The quantitative estimate of drug-likeness (QED) is 0.309. The van der Waals surface area contributed by atoms with E-state index < -0.39 is 0 Å². The number of hydrogen-bond donors (Lipinski definition) is 0. The van der Waals surface area contributed by atoms with E-state index in [2.05, 4.69) is 93.5 Å². The fraction of sp³-hybridized carbons (Fsp3) is 0.500. The van der Waals surface area contributed by atoms with Crippen LogP contribution in [-0.4, -0.2) is 5.78 Å². The predicted octanol–water partition coefficient (Wildman–Crippen LogP) is 9.00. The van der Waals surface area contributed by atoms with E-state index in [-0.39, 0.29) is 5.78 Å². The second-order valence-corrected chi connectivity index (χ2v) is 10.4. The number of hydrogen-bond acceptors (Lipinski definition) is 1. The van der Waals surface area contributed by atoms with Crippen LogP contribution in [0.15, 0.2) is 30.3 Å². The first-order chi connectivity index (χ1) is 14.4. The van der Waals surface area contributed by atoms with Crippen LogP contribution in [0.3, 0.4) is 0 Å². The molecule has 0 spiro atoms. The van der Waals surface area contributed by atoms with E-state index in [0.717, 1.165) is 16.7 Å². The Hall–Kier alpha value is -2.15. The van der Waals surface area contributed by atoms with Crippen LogP contribution in [-0.2, 0) is 0 Å². The highest BCUT2D eigenvalue weighted by Crippen LogP contribution is 2.33. The van der Waals surface area contributed by atoms with E-state index in [1.165, 1.54) is 22.3 Å². The molecule has 0 bridgehead atoms. The smallest absolute Gasteiger partial charge is 0.185 e. The number of ketones is 1. The van der Waals surface area contributed by atoms with Gasteiger partial charge in [0.05, 0.1) is 0 Å². The van der Waals surface area contributed by atoms with Gasteiger partial charge in [-0.15, -0.1) is 0 Å². The number of rotatable bonds is 8. The summed E-state index contributed by atoms with van der Waals surface area (Å²) < 4.78 is 0. The van der Waals surface area contributed by atoms with Crippen molar-refractivity contribution in [2.45, 2.75) is 98.8 Å². The van der Waals surface area contributed by atoms with Crippen molar-refractivity contribution in [3.63, 3.8) is 0 Å². The summed E-state index contributed by atoms with van der Waals surface area (Å²) in [6.07, 6.45) is 3.82. The van der Waals surface area contributed by atoms with Gasteiger partial charge in [-0.25, -0.2) is 0 Å². The maximum atomic E-state index is 13.2. The van der Waals surface area contributed by atoms with Gasteiger partial charge in [0.1, 0.15) is 0 Å². The molecular weight excluding hydrogens is 376 g/mol. The van der Waals surface area contributed by atoms with Crippen molar-refractivity contribution >= 4 is 11.9 Å². The SMILES string of the molecule is CC(C)c1[c]c(C(C)C)cc(C(=O)C=Cc2c(C(C)C)cc(C(C)C)cc2C(C)C)c1. The van der Waals surface area contributed by atoms with Gasteiger partial charge >= 0.3 is 0 Å². The zero-order chi connectivity index (χ0) is 23.5. The van der Waals surface area contributed by atoms with Crippen molar-refractivity contribution in [1.29, 1.82) is 0 Å². The highest BCUT2D eigenvalue weighted by atomic mass is 16.1. The normalized spacial score (nSPS) is 12.4. The second-order valence-electron chi connectivity index (χ2n) is 10.4. The van der Waals surface area contributed by atoms with Gasteiger partial charge in [-0.1, -0.05) is 87.4 Å². The molecule has 2 aromatic carbocycles. The monoisotopic (exact) mass is 417 g/mol. The fourth-order valence-corrected chi connectivity index (χ4v) is 3.84. The number of allylic oxidation sites excluding steroid dienone is 1. The summed E-state index contributed by atoms with van der Waals surface area (Å²) in [6.45, 7) is 22.0. The van der Waals surface area contributed by atoms with E-state index in [1.807, 2.05) is 12.1 Å². The van der Waals surface area contributed by atoms with Crippen molar-refractivity contribution in [3.8, 4) is 0 Å². The van der Waals surface area contributed by atoms with Crippen molar-refractivity contribution in [1.82, 2.24) is 0 Å². The van der Waals surface area contributed by atoms with Gasteiger partial charge in [0.2, 0.25) is 0 Å². The lowest BCUT2D eigenvalue weighted by Crippen LogP contribution is -2.05. The Morgan fingerprint density at radius 2 is 1.13 bits per heavy atom. The van der Waals surface area contributed by atoms with Crippen molar-refractivity contribution in [3.05, 3.63) is 75.4 Å². The molecule has 0 aliphatic rings. The molecule has 0 aliphatic heterocycles. The summed E-state index contributed by atoms with van der Waals surface area (Å²) in [5.74, 6) is 2.04. The van der Waals surface area contributed by atoms with E-state index in [9.17, 15) is 4.79 Å². The maximum absolute atomic E-state index is 13.2. The Kier molecular flexibility index (Phi) is 8.46. The Morgan fingerprint density at radius 1 is 0.677 bits per heavy atom. The van der Waals surface area contributed by atoms with Crippen molar-refractivity contribution in [2.24, 2.45) is 0 Å². The van der Waals surface area contributed by atoms with Crippen LogP contribution in [0.2, 0.25) is 0 Å². The van der Waals surface area contributed by atoms with E-state index in [1.54, 1.807) is 6.08 Å². The molecule has 0 heterocycles. The molecule has 0 fully saturated rings. The van der Waals surface area contributed by atoms with Gasteiger partial charge in [0.15, 0.2) is 5.78 Å². The van der Waals surface area contributed by atoms with Crippen LogP contribution in [0.25, 0.3) is 6.08 Å². The summed E-state index contributed by atoms with van der Waals surface area (Å²) in [4.78, 5) is 13.2. The molecule has 2 aromatic rings. The minimum atomic E-state index is 0.0650. The molecule has 1 radical (unpaired) electrons. The predicted molar refractivity (Wildman–Crippen MR) is 136 cm³/mol. The molecule has 0 aliphatic carbocycles. The summed E-state index contributed by atoms with van der Waals surface area (Å²) in [6, 6.07) is 12.2. The summed E-state index contributed by atoms with van der Waals surface area (Å²) in [7, 11) is 0. The first kappa shape index (κ1) is 25.1. The Labute approximate surface area is 191 Å². The molecule has 1 heteroatoms. The van der Waals surface area contributed by atoms with Crippen LogP contribution in [0, 0.1) is 6.07 Å². The topological polar surface area (TPSA) is 17.1 Å². The van der Waals surface area contributed by atoms with Crippen molar-refractivity contribution in [2.75, 3.05) is 0 Å². The molecule has 1 nitrogen and oxygen atoms in total. The third kappa shape index (κ3) is 6.19. The second kappa shape index (κ2) is 10.4. The lowest BCUT2D eigenvalue weighted by Gasteiger charge is -2.21. The van der Waals surface area contributed by atoms with Crippen LogP contribution in [0.4, 0.5) is 0 Å². The molecule has 2 rings (SSSR count). The molecular formula is C30H41O. The molecule has 0 N–H and O–H groups in total. The van der Waals surface area contributed by atoms with E-state index in [4.69, 9.17) is 0 Å². The molecule has 0 amide bonds. The molecule has 0 atom stereocenters. The summed E-state index contributed by atoms with van der Waals surface area (Å²) in [5, 5.41) is 0. The standard InChI is InChI=1S/C30H41O/c1-18(2)23-13-24(19(3)4)15-26(14-23)30(31)12-11-27-28(21(7)8)16-25(20(5)6)17-29(27)22(9)10/h11-12,14-22H,1-10H3. The van der Waals surface area contributed by atoms with Gasteiger partial charge in [0.25, 0.3) is 0 Å². The fourth-order valence-electron chi connectivity index (χ4n) is 3.84. The van der Waals surface area contributed by atoms with Crippen LogP contribution in [0.5, 0.6) is 0 Å². The minimum Gasteiger partial charge on any atom is -0.289 e. The van der Waals surface area contributed by atoms with Crippen LogP contribution < -0.4 is 0 Å². The van der Waals surface area contributed by atoms with Gasteiger partial charge < -0.3 is 0 Å². The largest absolute Gasteiger partial charge is 0.289 e. The number of carbonyl (C=O) groups excluding carboxylic acids is 1. The Morgan fingerprint density at radius 3 is 1.48 bits per heavy atom. The van der Waals surface area contributed by atoms with Gasteiger partial charge in [-0.05, 0) is 87.2 Å². The van der Waals surface area contributed by atoms with E-state index >= 15 is 0 Å². The average molecular weight is 418 g/mol. The lowest BCUT2D eigenvalue weighted by atomic mass is 9.84. The zero-order valence-electron chi connectivity index (χ0n) is 21.3. The maximum Gasteiger partial charge on any atom is 0.185 e. The first-order valence-electron chi connectivity index (χ1n) is 11.9. The average Bonchev–Trinajstić information content (AvgIpc) is 2.70. The molecule has 167 valence electrons. The van der Waals surface area contributed by atoms with Crippen LogP contribution >= 0.6 is 0 Å². The van der Waals surface area contributed by atoms with Gasteiger partial charge in [-0.3, -0.25) is 4.79 Å². The molecule has 0 unspecified atom stereocenters. The molecule has 0 saturated carbocycles. The molecule has 0 saturated heterocycles. The van der Waals surface area contributed by atoms with E-state index in [0.29, 0.717) is 29.6 Å². The molecule has 0 aromatic heterocycles. The highest BCUT2D eigenvalue weighted by molar-refractivity contribution is 6.07. The highest BCUT2D eigenvalue weighted by Gasteiger charge is 2.16. The van der Waals surface area contributed by atoms with Gasteiger partial charge in [0, 0.05) is 5.56 Å². The lowest BCUT2D eigenvalue weighted by molar-refractivity contribution is 0.104. The summed E-state index contributed by atoms with van der Waals surface area (Å²) >= 11 is 0. The zero-order valence-corrected chi connectivity index (χ0v) is 21.3. The Balaban J connectivity index is 2.55. The Bertz CT molecular complexity index is 884. The van der Waals surface area contributed by atoms with Crippen LogP contribution in [0.1, 0.15) is 143 Å². The van der Waals surface area contributed by atoms with Gasteiger partial charge in [-0.2, -0.15) is 0 Å². The number of benzene rings is 2.